The molecule has 0 aliphatic heterocycles. The molecule has 18 heavy (non-hydrogen) atoms. The molecule has 2 aliphatic rings. The second-order valence-electron chi connectivity index (χ2n) is 5.33. The van der Waals surface area contributed by atoms with E-state index in [0.29, 0.717) is 6.04 Å². The fourth-order valence-electron chi connectivity index (χ4n) is 2.43. The first-order valence-corrected chi connectivity index (χ1v) is 7.69. The lowest BCUT2D eigenvalue weighted by Gasteiger charge is -2.12. The fourth-order valence-corrected chi connectivity index (χ4v) is 3.37. The lowest BCUT2D eigenvalue weighted by Crippen LogP contribution is -2.32. The summed E-state index contributed by atoms with van der Waals surface area (Å²) in [5, 5.41) is 3.07. The molecule has 1 aromatic rings. The smallest absolute Gasteiger partial charge is 0.233 e. The SMILES string of the molecule is C[C@H](Sc1ccc2c(c1)CCC2)C(=O)NC1CC1. The maximum Gasteiger partial charge on any atom is 0.233 e. The summed E-state index contributed by atoms with van der Waals surface area (Å²) in [6.45, 7) is 2.00. The zero-order valence-corrected chi connectivity index (χ0v) is 11.6. The van der Waals surface area contributed by atoms with E-state index in [0.717, 1.165) is 12.8 Å². The molecular formula is C15H19NOS. The molecule has 1 N–H and O–H groups in total. The summed E-state index contributed by atoms with van der Waals surface area (Å²) in [5.41, 5.74) is 2.98. The first-order valence-electron chi connectivity index (χ1n) is 6.81. The number of amides is 1. The minimum atomic E-state index is 0.00468. The van der Waals surface area contributed by atoms with Crippen molar-refractivity contribution in [1.82, 2.24) is 5.32 Å². The lowest BCUT2D eigenvalue weighted by atomic mass is 10.1. The van der Waals surface area contributed by atoms with Crippen molar-refractivity contribution < 1.29 is 4.79 Å². The van der Waals surface area contributed by atoms with Crippen molar-refractivity contribution in [2.45, 2.75) is 55.2 Å². The van der Waals surface area contributed by atoms with Gasteiger partial charge in [0.25, 0.3) is 0 Å². The second-order valence-corrected chi connectivity index (χ2v) is 6.74. The zero-order valence-electron chi connectivity index (χ0n) is 10.7. The number of hydrogen-bond acceptors (Lipinski definition) is 2. The topological polar surface area (TPSA) is 29.1 Å². The van der Waals surface area contributed by atoms with Crippen LogP contribution in [-0.2, 0) is 17.6 Å². The van der Waals surface area contributed by atoms with Crippen LogP contribution in [0.4, 0.5) is 0 Å². The quantitative estimate of drug-likeness (QED) is 0.844. The molecule has 0 aromatic heterocycles. The zero-order chi connectivity index (χ0) is 12.5. The van der Waals surface area contributed by atoms with E-state index in [4.69, 9.17) is 0 Å². The maximum absolute atomic E-state index is 11.9. The molecule has 2 nitrogen and oxygen atoms in total. The Balaban J connectivity index is 1.62. The normalized spacial score (nSPS) is 19.4. The van der Waals surface area contributed by atoms with Crippen LogP contribution in [0.15, 0.2) is 23.1 Å². The van der Waals surface area contributed by atoms with Gasteiger partial charge >= 0.3 is 0 Å². The van der Waals surface area contributed by atoms with Crippen LogP contribution < -0.4 is 5.32 Å². The highest BCUT2D eigenvalue weighted by Crippen LogP contribution is 2.30. The Hall–Kier alpha value is -0.960. The van der Waals surface area contributed by atoms with Gasteiger partial charge in [-0.1, -0.05) is 6.07 Å². The van der Waals surface area contributed by atoms with Gasteiger partial charge in [0.15, 0.2) is 0 Å². The van der Waals surface area contributed by atoms with E-state index >= 15 is 0 Å². The van der Waals surface area contributed by atoms with Crippen LogP contribution in [0.3, 0.4) is 0 Å². The predicted molar refractivity (Wildman–Crippen MR) is 75.0 cm³/mol. The third kappa shape index (κ3) is 2.72. The van der Waals surface area contributed by atoms with Crippen molar-refractivity contribution in [3.8, 4) is 0 Å². The number of fused-ring (bicyclic) bond motifs is 1. The molecule has 1 saturated carbocycles. The number of aryl methyl sites for hydroxylation is 2. The Kier molecular flexibility index (Phi) is 3.33. The van der Waals surface area contributed by atoms with E-state index in [-0.39, 0.29) is 11.2 Å². The highest BCUT2D eigenvalue weighted by Gasteiger charge is 2.26. The molecule has 96 valence electrons. The molecule has 0 saturated heterocycles. The summed E-state index contributed by atoms with van der Waals surface area (Å²) in [6, 6.07) is 7.13. The van der Waals surface area contributed by atoms with Crippen LogP contribution in [0.1, 0.15) is 37.3 Å². The molecular weight excluding hydrogens is 242 g/mol. The summed E-state index contributed by atoms with van der Waals surface area (Å²) in [7, 11) is 0. The number of thioether (sulfide) groups is 1. The highest BCUT2D eigenvalue weighted by molar-refractivity contribution is 8.00. The maximum atomic E-state index is 11.9. The number of carbonyl (C=O) groups excluding carboxylic acids is 1. The van der Waals surface area contributed by atoms with Crippen molar-refractivity contribution >= 4 is 17.7 Å². The lowest BCUT2D eigenvalue weighted by molar-refractivity contribution is -0.120. The van der Waals surface area contributed by atoms with Crippen LogP contribution in [0.2, 0.25) is 0 Å². The highest BCUT2D eigenvalue weighted by atomic mass is 32.2. The van der Waals surface area contributed by atoms with Gasteiger partial charge in [-0.3, -0.25) is 4.79 Å². The number of benzene rings is 1. The molecule has 2 aliphatic carbocycles. The largest absolute Gasteiger partial charge is 0.352 e. The van der Waals surface area contributed by atoms with E-state index in [2.05, 4.69) is 23.5 Å². The van der Waals surface area contributed by atoms with Crippen molar-refractivity contribution in [2.75, 3.05) is 0 Å². The van der Waals surface area contributed by atoms with Crippen LogP contribution >= 0.6 is 11.8 Å². The molecule has 1 fully saturated rings. The Morgan fingerprint density at radius 1 is 1.33 bits per heavy atom. The molecule has 3 heteroatoms. The summed E-state index contributed by atoms with van der Waals surface area (Å²) in [6.07, 6.45) is 6.01. The molecule has 0 radical (unpaired) electrons. The summed E-state index contributed by atoms with van der Waals surface area (Å²) >= 11 is 1.68. The van der Waals surface area contributed by atoms with Crippen molar-refractivity contribution in [3.63, 3.8) is 0 Å². The van der Waals surface area contributed by atoms with Crippen molar-refractivity contribution in [3.05, 3.63) is 29.3 Å². The molecule has 1 atom stereocenters. The fraction of sp³-hybridized carbons (Fsp3) is 0.533. The van der Waals surface area contributed by atoms with Gasteiger partial charge in [-0.05, 0) is 62.3 Å². The van der Waals surface area contributed by atoms with Gasteiger partial charge in [0, 0.05) is 10.9 Å². The minimum absolute atomic E-state index is 0.00468. The van der Waals surface area contributed by atoms with Crippen LogP contribution in [0.5, 0.6) is 0 Å². The van der Waals surface area contributed by atoms with Crippen LogP contribution in [-0.4, -0.2) is 17.2 Å². The van der Waals surface area contributed by atoms with E-state index in [1.807, 2.05) is 6.92 Å². The standard InChI is InChI=1S/C15H19NOS/c1-10(15(17)16-13-6-7-13)18-14-8-5-11-3-2-4-12(11)9-14/h5,8-10,13H,2-4,6-7H2,1H3,(H,16,17)/t10-/m0/s1. The van der Waals surface area contributed by atoms with E-state index < -0.39 is 0 Å². The third-order valence-corrected chi connectivity index (χ3v) is 4.77. The molecule has 0 spiro atoms. The van der Waals surface area contributed by atoms with Gasteiger partial charge in [0.1, 0.15) is 0 Å². The first-order chi connectivity index (χ1) is 8.72. The Morgan fingerprint density at radius 3 is 2.89 bits per heavy atom. The number of nitrogens with one attached hydrogen (secondary N) is 1. The van der Waals surface area contributed by atoms with Gasteiger partial charge in [-0.25, -0.2) is 0 Å². The van der Waals surface area contributed by atoms with Gasteiger partial charge in [0.05, 0.1) is 5.25 Å². The van der Waals surface area contributed by atoms with Gasteiger partial charge in [-0.2, -0.15) is 0 Å². The number of hydrogen-bond donors (Lipinski definition) is 1. The van der Waals surface area contributed by atoms with Crippen molar-refractivity contribution in [1.29, 1.82) is 0 Å². The van der Waals surface area contributed by atoms with Gasteiger partial charge in [-0.15, -0.1) is 11.8 Å². The van der Waals surface area contributed by atoms with E-state index in [9.17, 15) is 4.79 Å². The third-order valence-electron chi connectivity index (χ3n) is 3.68. The van der Waals surface area contributed by atoms with E-state index in [1.54, 1.807) is 11.8 Å². The number of rotatable bonds is 4. The summed E-state index contributed by atoms with van der Waals surface area (Å²) in [5.74, 6) is 0.183. The molecule has 0 bridgehead atoms. The van der Waals surface area contributed by atoms with Crippen LogP contribution in [0, 0.1) is 0 Å². The molecule has 1 amide bonds. The van der Waals surface area contributed by atoms with E-state index in [1.165, 1.54) is 35.3 Å². The average Bonchev–Trinajstić information content (AvgIpc) is 3.05. The predicted octanol–water partition coefficient (Wildman–Crippen LogP) is 2.93. The molecule has 3 rings (SSSR count). The Labute approximate surface area is 113 Å². The Morgan fingerprint density at radius 2 is 2.11 bits per heavy atom. The van der Waals surface area contributed by atoms with Gasteiger partial charge in [0.2, 0.25) is 5.91 Å². The monoisotopic (exact) mass is 261 g/mol. The summed E-state index contributed by atoms with van der Waals surface area (Å²) in [4.78, 5) is 13.1. The second kappa shape index (κ2) is 4.96. The van der Waals surface area contributed by atoms with Crippen LogP contribution in [0.25, 0.3) is 0 Å². The molecule has 1 aromatic carbocycles. The minimum Gasteiger partial charge on any atom is -0.352 e. The first kappa shape index (κ1) is 12.1. The number of carbonyl (C=O) groups is 1. The van der Waals surface area contributed by atoms with Crippen molar-refractivity contribution in [2.24, 2.45) is 0 Å². The molecule has 0 unspecified atom stereocenters. The average molecular weight is 261 g/mol. The van der Waals surface area contributed by atoms with Gasteiger partial charge < -0.3 is 5.32 Å². The Bertz CT molecular complexity index is 468. The summed E-state index contributed by atoms with van der Waals surface area (Å²) < 4.78 is 0. The molecule has 0 heterocycles.